The summed E-state index contributed by atoms with van der Waals surface area (Å²) in [6.07, 6.45) is 1.65. The predicted molar refractivity (Wildman–Crippen MR) is 157 cm³/mol. The number of benzene rings is 1. The van der Waals surface area contributed by atoms with Gasteiger partial charge in [-0.15, -0.1) is 10.2 Å². The second kappa shape index (κ2) is 10.9. The van der Waals surface area contributed by atoms with Crippen molar-refractivity contribution in [2.45, 2.75) is 63.4 Å². The Kier molecular flexibility index (Phi) is 7.43. The molecule has 17 heteroatoms. The Balaban J connectivity index is 1.29. The molecule has 3 atom stereocenters. The Labute approximate surface area is 264 Å². The van der Waals surface area contributed by atoms with E-state index in [4.69, 9.17) is 27.9 Å². The zero-order valence-electron chi connectivity index (χ0n) is 24.2. The third-order valence-corrected chi connectivity index (χ3v) is 8.05. The van der Waals surface area contributed by atoms with Gasteiger partial charge < -0.3 is 15.4 Å². The Morgan fingerprint density at radius 3 is 2.56 bits per heavy atom. The zero-order valence-corrected chi connectivity index (χ0v) is 25.7. The normalized spacial score (nSPS) is 22.0. The molecular formula is C28H27Cl2F2N9O4. The number of hydrogen-bond donors (Lipinski definition) is 2. The molecule has 1 aliphatic heterocycles. The lowest BCUT2D eigenvalue weighted by atomic mass is 9.95. The highest BCUT2D eigenvalue weighted by atomic mass is 35.5. The van der Waals surface area contributed by atoms with Gasteiger partial charge in [0.1, 0.15) is 30.1 Å². The summed E-state index contributed by atoms with van der Waals surface area (Å²) in [5.41, 5.74) is -3.01. The Morgan fingerprint density at radius 2 is 1.87 bits per heavy atom. The lowest BCUT2D eigenvalue weighted by Gasteiger charge is -2.36. The van der Waals surface area contributed by atoms with E-state index >= 15 is 8.78 Å². The number of piperidine rings is 1. The van der Waals surface area contributed by atoms with Crippen LogP contribution >= 0.6 is 23.2 Å². The second-order valence-electron chi connectivity index (χ2n) is 11.9. The number of amides is 2. The summed E-state index contributed by atoms with van der Waals surface area (Å²) in [4.78, 5) is 47.6. The van der Waals surface area contributed by atoms with Crippen LogP contribution in [-0.4, -0.2) is 69.2 Å². The minimum absolute atomic E-state index is 0.0634. The quantitative estimate of drug-likeness (QED) is 0.306. The summed E-state index contributed by atoms with van der Waals surface area (Å²) < 4.78 is 40.3. The topological polar surface area (TPSA) is 151 Å². The molecule has 0 radical (unpaired) electrons. The summed E-state index contributed by atoms with van der Waals surface area (Å²) in [6.45, 7) is 4.04. The average molecular weight is 662 g/mol. The number of carbonyl (C=O) groups is 2. The van der Waals surface area contributed by atoms with Crippen molar-refractivity contribution in [3.8, 4) is 17.2 Å². The van der Waals surface area contributed by atoms with Crippen LogP contribution in [-0.2, 0) is 22.6 Å². The lowest BCUT2D eigenvalue weighted by molar-refractivity contribution is -0.142. The van der Waals surface area contributed by atoms with Crippen LogP contribution in [0.4, 0.5) is 13.6 Å². The van der Waals surface area contributed by atoms with E-state index in [0.717, 1.165) is 9.25 Å². The fourth-order valence-corrected chi connectivity index (χ4v) is 5.64. The zero-order chi connectivity index (χ0) is 32.3. The number of pyridine rings is 1. The molecule has 4 heterocycles. The number of alkyl halides is 2. The van der Waals surface area contributed by atoms with E-state index < -0.39 is 53.3 Å². The number of alkyl carbamates (subject to hydrolysis) is 1. The number of nitrogens with one attached hydrogen (secondary N) is 2. The lowest BCUT2D eigenvalue weighted by Crippen LogP contribution is -2.65. The molecule has 236 valence electrons. The molecule has 0 spiro atoms. The summed E-state index contributed by atoms with van der Waals surface area (Å²) in [5.74, 6) is -5.21. The molecule has 3 aromatic heterocycles. The van der Waals surface area contributed by atoms with Crippen molar-refractivity contribution in [3.05, 3.63) is 75.3 Å². The molecule has 1 saturated heterocycles. The Hall–Kier alpha value is -4.37. The van der Waals surface area contributed by atoms with Gasteiger partial charge in [-0.05, 0) is 63.6 Å². The average Bonchev–Trinajstić information content (AvgIpc) is 3.41. The fourth-order valence-electron chi connectivity index (χ4n) is 5.31. The van der Waals surface area contributed by atoms with Gasteiger partial charge in [0.05, 0.1) is 17.5 Å². The van der Waals surface area contributed by atoms with Crippen molar-refractivity contribution in [1.29, 1.82) is 0 Å². The second-order valence-corrected chi connectivity index (χ2v) is 12.7. The largest absolute Gasteiger partial charge is 0.444 e. The maximum Gasteiger partial charge on any atom is 0.408 e. The number of fused-ring (bicyclic) bond motifs is 1. The third-order valence-electron chi connectivity index (χ3n) is 7.50. The number of aromatic nitrogens is 7. The molecule has 13 nitrogen and oxygen atoms in total. The minimum atomic E-state index is -3.50. The van der Waals surface area contributed by atoms with Crippen molar-refractivity contribution in [2.75, 3.05) is 0 Å². The first-order chi connectivity index (χ1) is 21.2. The van der Waals surface area contributed by atoms with Gasteiger partial charge in [0.25, 0.3) is 5.92 Å². The summed E-state index contributed by atoms with van der Waals surface area (Å²) in [7, 11) is 0. The van der Waals surface area contributed by atoms with Crippen molar-refractivity contribution >= 4 is 35.2 Å². The van der Waals surface area contributed by atoms with E-state index in [0.29, 0.717) is 21.4 Å². The maximum absolute atomic E-state index is 15.9. The predicted octanol–water partition coefficient (Wildman–Crippen LogP) is 3.46. The number of rotatable bonds is 7. The molecule has 2 aliphatic rings. The van der Waals surface area contributed by atoms with E-state index in [1.165, 1.54) is 17.2 Å². The van der Waals surface area contributed by atoms with Gasteiger partial charge in [-0.2, -0.15) is 0 Å². The highest BCUT2D eigenvalue weighted by molar-refractivity contribution is 6.32. The SMILES string of the molecule is CC(C)(C)OC(=O)NC12CC1C(F)(F)C(Cn1c(-c3ccc(Cl)cc3)nn(Cc3ncn(-c4ncccc4Cl)n3)c1=O)NC2=O. The number of ether oxygens (including phenoxy) is 1. The molecule has 2 fully saturated rings. The van der Waals surface area contributed by atoms with Crippen LogP contribution < -0.4 is 16.3 Å². The molecule has 3 unspecified atom stereocenters. The van der Waals surface area contributed by atoms with Crippen LogP contribution in [0.1, 0.15) is 33.0 Å². The molecule has 2 amide bonds. The third kappa shape index (κ3) is 5.77. The van der Waals surface area contributed by atoms with E-state index in [1.807, 2.05) is 0 Å². The number of carbonyl (C=O) groups excluding carboxylic acids is 2. The first-order valence-corrected chi connectivity index (χ1v) is 14.6. The summed E-state index contributed by atoms with van der Waals surface area (Å²) >= 11 is 12.3. The van der Waals surface area contributed by atoms with Gasteiger partial charge >= 0.3 is 11.8 Å². The fraction of sp³-hybridized carbons (Fsp3) is 0.393. The van der Waals surface area contributed by atoms with Crippen LogP contribution in [0.5, 0.6) is 0 Å². The Bertz CT molecular complexity index is 1850. The highest BCUT2D eigenvalue weighted by Gasteiger charge is 2.76. The van der Waals surface area contributed by atoms with Crippen LogP contribution in [0.15, 0.2) is 53.7 Å². The van der Waals surface area contributed by atoms with Crippen LogP contribution in [0, 0.1) is 5.92 Å². The molecule has 6 rings (SSSR count). The first kappa shape index (κ1) is 30.6. The van der Waals surface area contributed by atoms with Crippen LogP contribution in [0.2, 0.25) is 10.0 Å². The smallest absolute Gasteiger partial charge is 0.408 e. The van der Waals surface area contributed by atoms with Gasteiger partial charge in [0.15, 0.2) is 17.5 Å². The molecule has 2 N–H and O–H groups in total. The van der Waals surface area contributed by atoms with E-state index in [9.17, 15) is 14.4 Å². The van der Waals surface area contributed by atoms with E-state index in [-0.39, 0.29) is 24.6 Å². The molecule has 1 aromatic carbocycles. The van der Waals surface area contributed by atoms with Crippen LogP contribution in [0.3, 0.4) is 0 Å². The van der Waals surface area contributed by atoms with Gasteiger partial charge in [0.2, 0.25) is 5.91 Å². The standard InChI is InChI=1S/C28H27Cl2F2N9O4/c1-26(2,3)45-24(43)36-27-11-18(27)28(31,32)19(35-23(27)42)12-39-21(15-6-8-16(29)9-7-15)38-40(25(39)44)13-20-34-14-41(37-20)22-17(30)5-4-10-33-22/h4-10,14,18-19H,11-13H2,1-3H3,(H,35,42)(H,36,43). The number of halogens is 4. The molecular weight excluding hydrogens is 635 g/mol. The van der Waals surface area contributed by atoms with Gasteiger partial charge in [-0.25, -0.2) is 37.7 Å². The van der Waals surface area contributed by atoms with E-state index in [2.05, 4.69) is 30.8 Å². The van der Waals surface area contributed by atoms with Gasteiger partial charge in [-0.3, -0.25) is 9.36 Å². The van der Waals surface area contributed by atoms with E-state index in [1.54, 1.807) is 57.2 Å². The Morgan fingerprint density at radius 1 is 1.13 bits per heavy atom. The van der Waals surface area contributed by atoms with Gasteiger partial charge in [-0.1, -0.05) is 23.2 Å². The molecule has 1 aliphatic carbocycles. The minimum Gasteiger partial charge on any atom is -0.444 e. The number of hydrogen-bond acceptors (Lipinski definition) is 8. The molecule has 0 bridgehead atoms. The molecule has 1 saturated carbocycles. The molecule has 4 aromatic rings. The summed E-state index contributed by atoms with van der Waals surface area (Å²) in [5, 5.41) is 14.2. The first-order valence-electron chi connectivity index (χ1n) is 13.8. The highest BCUT2D eigenvalue weighted by Crippen LogP contribution is 2.57. The van der Waals surface area contributed by atoms with Crippen molar-refractivity contribution in [3.63, 3.8) is 0 Å². The van der Waals surface area contributed by atoms with Gasteiger partial charge in [0, 0.05) is 16.8 Å². The van der Waals surface area contributed by atoms with Crippen molar-refractivity contribution in [1.82, 2.24) is 44.7 Å². The summed E-state index contributed by atoms with van der Waals surface area (Å²) in [6, 6.07) is 7.84. The monoisotopic (exact) mass is 661 g/mol. The maximum atomic E-state index is 15.9. The van der Waals surface area contributed by atoms with Crippen LogP contribution in [0.25, 0.3) is 17.2 Å². The number of nitrogens with zero attached hydrogens (tertiary/aromatic N) is 7. The molecule has 45 heavy (non-hydrogen) atoms. The van der Waals surface area contributed by atoms with Crippen molar-refractivity contribution < 1.29 is 23.1 Å². The van der Waals surface area contributed by atoms with Crippen molar-refractivity contribution in [2.24, 2.45) is 5.92 Å².